The van der Waals surface area contributed by atoms with Gasteiger partial charge in [-0.1, -0.05) is 0 Å². The lowest BCUT2D eigenvalue weighted by Crippen LogP contribution is -2.74. The number of nitrogens with zero attached hydrogens (tertiary/aromatic N) is 2. The van der Waals surface area contributed by atoms with E-state index in [-0.39, 0.29) is 24.0 Å². The van der Waals surface area contributed by atoms with Gasteiger partial charge in [-0.2, -0.15) is 0 Å². The number of phenolic OH excluding ortho intramolecular Hbond substituents is 1. The summed E-state index contributed by atoms with van der Waals surface area (Å²) in [6.45, 7) is 1.24. The van der Waals surface area contributed by atoms with Gasteiger partial charge in [0.05, 0.1) is 23.1 Å². The molecule has 0 radical (unpaired) electrons. The van der Waals surface area contributed by atoms with Crippen LogP contribution >= 0.6 is 0 Å². The van der Waals surface area contributed by atoms with Crippen molar-refractivity contribution in [1.29, 1.82) is 0 Å². The lowest BCUT2D eigenvalue weighted by atomic mass is 9.52. The van der Waals surface area contributed by atoms with Crippen LogP contribution in [0, 0.1) is 23.7 Å². The van der Waals surface area contributed by atoms with Crippen LogP contribution in [-0.2, 0) is 25.6 Å². The molecule has 6 atom stereocenters. The zero-order valence-electron chi connectivity index (χ0n) is 20.7. The molecule has 0 aliphatic heterocycles. The summed E-state index contributed by atoms with van der Waals surface area (Å²) in [5, 5.41) is 22.4. The van der Waals surface area contributed by atoms with Crippen molar-refractivity contribution < 1.29 is 39.0 Å². The van der Waals surface area contributed by atoms with E-state index < -0.39 is 75.9 Å². The first-order valence-corrected chi connectivity index (χ1v) is 11.6. The van der Waals surface area contributed by atoms with E-state index in [1.165, 1.54) is 32.0 Å². The third kappa shape index (κ3) is 3.26. The number of amides is 1. The number of hydrogen-bond donors (Lipinski definition) is 3. The molecule has 4 rings (SSSR count). The minimum Gasteiger partial charge on any atom is -0.506 e. The minimum atomic E-state index is -2.78. The molecular formula is C25H29N3O8. The Morgan fingerprint density at radius 3 is 2.19 bits per heavy atom. The standard InChI is InChI=1S/C25H29N3O8/c1-9(29)11-8-14(27(2)3)12-6-10-7-13-18(28(4)5)21(32)17(24(26)35)23(34)25(13,36)22(33)15(10)20(31)16(12)19(11)30/h8,10,13,15,17-18,30,36H,6-7H2,1-5H3,(H2,26,35). The quantitative estimate of drug-likeness (QED) is 0.349. The molecule has 3 aliphatic rings. The molecule has 0 bridgehead atoms. The lowest BCUT2D eigenvalue weighted by molar-refractivity contribution is -0.181. The van der Waals surface area contributed by atoms with E-state index in [1.54, 1.807) is 19.0 Å². The second-order valence-corrected chi connectivity index (χ2v) is 10.4. The summed E-state index contributed by atoms with van der Waals surface area (Å²) in [6.07, 6.45) is 0.0943. The van der Waals surface area contributed by atoms with Crippen LogP contribution in [0.1, 0.15) is 39.6 Å². The highest BCUT2D eigenvalue weighted by Gasteiger charge is 2.69. The van der Waals surface area contributed by atoms with Crippen LogP contribution in [0.5, 0.6) is 5.75 Å². The summed E-state index contributed by atoms with van der Waals surface area (Å²) in [6, 6.07) is 0.326. The SMILES string of the molecule is CC(=O)c1cc(N(C)C)c2c(c1O)C(=O)C1C(=O)C3(O)C(=O)C(C(N)=O)C(=O)C(N(C)C)C3CC1C2. The predicted molar refractivity (Wildman–Crippen MR) is 126 cm³/mol. The van der Waals surface area contributed by atoms with E-state index in [1.807, 2.05) is 0 Å². The van der Waals surface area contributed by atoms with Crippen molar-refractivity contribution in [3.8, 4) is 5.75 Å². The van der Waals surface area contributed by atoms with E-state index in [9.17, 15) is 39.0 Å². The van der Waals surface area contributed by atoms with Gasteiger partial charge in [-0.15, -0.1) is 0 Å². The molecule has 0 saturated heterocycles. The third-order valence-corrected chi connectivity index (χ3v) is 7.90. The number of aromatic hydroxyl groups is 1. The van der Waals surface area contributed by atoms with Crippen molar-refractivity contribution in [3.05, 3.63) is 22.8 Å². The highest BCUT2D eigenvalue weighted by molar-refractivity contribution is 6.32. The predicted octanol–water partition coefficient (Wildman–Crippen LogP) is -0.864. The molecule has 0 heterocycles. The fraction of sp³-hybridized carbons (Fsp3) is 0.520. The Labute approximate surface area is 207 Å². The van der Waals surface area contributed by atoms with Gasteiger partial charge in [-0.25, -0.2) is 0 Å². The molecule has 1 aromatic rings. The van der Waals surface area contributed by atoms with Gasteiger partial charge in [0.15, 0.2) is 40.4 Å². The maximum Gasteiger partial charge on any atom is 0.235 e. The zero-order valence-corrected chi connectivity index (χ0v) is 20.7. The van der Waals surface area contributed by atoms with Crippen LogP contribution in [0.25, 0.3) is 0 Å². The number of carbonyl (C=O) groups excluding carboxylic acids is 6. The number of benzene rings is 1. The fourth-order valence-corrected chi connectivity index (χ4v) is 6.32. The molecule has 1 amide bonds. The Morgan fingerprint density at radius 1 is 1.08 bits per heavy atom. The van der Waals surface area contributed by atoms with E-state index in [0.29, 0.717) is 11.3 Å². The van der Waals surface area contributed by atoms with Gasteiger partial charge in [0.2, 0.25) is 5.91 Å². The molecule has 36 heavy (non-hydrogen) atoms. The first-order valence-electron chi connectivity index (χ1n) is 11.6. The van der Waals surface area contributed by atoms with E-state index in [4.69, 9.17) is 5.73 Å². The van der Waals surface area contributed by atoms with Crippen LogP contribution in [0.2, 0.25) is 0 Å². The molecule has 3 aliphatic carbocycles. The Hall–Kier alpha value is -3.44. The second-order valence-electron chi connectivity index (χ2n) is 10.4. The summed E-state index contributed by atoms with van der Waals surface area (Å²) in [7, 11) is 6.48. The highest BCUT2D eigenvalue weighted by Crippen LogP contribution is 2.52. The number of phenols is 1. The first-order chi connectivity index (χ1) is 16.7. The van der Waals surface area contributed by atoms with E-state index in [0.717, 1.165) is 0 Å². The zero-order chi connectivity index (χ0) is 27.0. The van der Waals surface area contributed by atoms with Crippen molar-refractivity contribution >= 4 is 40.5 Å². The molecule has 4 N–H and O–H groups in total. The smallest absolute Gasteiger partial charge is 0.235 e. The van der Waals surface area contributed by atoms with Gasteiger partial charge in [0.1, 0.15) is 5.75 Å². The number of carbonyl (C=O) groups is 6. The van der Waals surface area contributed by atoms with Crippen molar-refractivity contribution in [3.63, 3.8) is 0 Å². The Kier molecular flexibility index (Phi) is 5.92. The fourth-order valence-electron chi connectivity index (χ4n) is 6.32. The Balaban J connectivity index is 1.93. The minimum absolute atomic E-state index is 0.0357. The second kappa shape index (κ2) is 8.31. The molecule has 1 aromatic carbocycles. The lowest BCUT2D eigenvalue weighted by Gasteiger charge is -2.52. The summed E-state index contributed by atoms with van der Waals surface area (Å²) in [4.78, 5) is 81.3. The van der Waals surface area contributed by atoms with Crippen molar-refractivity contribution in [2.24, 2.45) is 29.4 Å². The number of fused-ring (bicyclic) bond motifs is 3. The summed E-state index contributed by atoms with van der Waals surface area (Å²) in [5.74, 6) is -11.8. The van der Waals surface area contributed by atoms with Crippen LogP contribution in [0.4, 0.5) is 5.69 Å². The number of ketones is 5. The molecule has 2 saturated carbocycles. The van der Waals surface area contributed by atoms with Gasteiger partial charge in [-0.05, 0) is 51.4 Å². The molecule has 11 nitrogen and oxygen atoms in total. The molecule has 2 fully saturated rings. The van der Waals surface area contributed by atoms with Crippen LogP contribution in [0.3, 0.4) is 0 Å². The summed E-state index contributed by atoms with van der Waals surface area (Å²) < 4.78 is 0. The molecule has 6 unspecified atom stereocenters. The van der Waals surface area contributed by atoms with Crippen molar-refractivity contribution in [2.45, 2.75) is 31.4 Å². The number of Topliss-reactive ketones (excluding diaryl/α,β-unsaturated/α-hetero) is 5. The number of hydrogen-bond acceptors (Lipinski definition) is 10. The highest BCUT2D eigenvalue weighted by atomic mass is 16.3. The maximum atomic E-state index is 13.8. The number of nitrogens with two attached hydrogens (primary N) is 1. The topological polar surface area (TPSA) is 175 Å². The van der Waals surface area contributed by atoms with Gasteiger partial charge in [-0.3, -0.25) is 33.7 Å². The maximum absolute atomic E-state index is 13.8. The van der Waals surface area contributed by atoms with Crippen molar-refractivity contribution in [2.75, 3.05) is 33.1 Å². The molecule has 11 heteroatoms. The van der Waals surface area contributed by atoms with E-state index in [2.05, 4.69) is 0 Å². The molecule has 0 aromatic heterocycles. The first kappa shape index (κ1) is 25.6. The van der Waals surface area contributed by atoms with Gasteiger partial charge >= 0.3 is 0 Å². The monoisotopic (exact) mass is 499 g/mol. The summed E-state index contributed by atoms with van der Waals surface area (Å²) >= 11 is 0. The molecule has 0 spiro atoms. The van der Waals surface area contributed by atoms with Crippen LogP contribution in [0.15, 0.2) is 6.07 Å². The average molecular weight is 500 g/mol. The van der Waals surface area contributed by atoms with Crippen molar-refractivity contribution in [1.82, 2.24) is 4.90 Å². The van der Waals surface area contributed by atoms with Crippen LogP contribution < -0.4 is 10.6 Å². The van der Waals surface area contributed by atoms with Gasteiger partial charge in [0, 0.05) is 25.7 Å². The molecular weight excluding hydrogens is 470 g/mol. The van der Waals surface area contributed by atoms with E-state index >= 15 is 0 Å². The number of anilines is 1. The normalized spacial score (nSPS) is 31.6. The summed E-state index contributed by atoms with van der Waals surface area (Å²) in [5.41, 5.74) is 3.20. The third-order valence-electron chi connectivity index (χ3n) is 7.90. The van der Waals surface area contributed by atoms with Gasteiger partial charge < -0.3 is 20.8 Å². The van der Waals surface area contributed by atoms with Gasteiger partial charge in [0.25, 0.3) is 0 Å². The van der Waals surface area contributed by atoms with Crippen LogP contribution in [-0.4, -0.2) is 89.8 Å². The number of primary amides is 1. The Morgan fingerprint density at radius 2 is 1.69 bits per heavy atom. The number of likely N-dealkylation sites (N-methyl/N-ethyl adjacent to an activating group) is 1. The Bertz CT molecular complexity index is 1250. The average Bonchev–Trinajstić information content (AvgIpc) is 2.75. The largest absolute Gasteiger partial charge is 0.506 e. The number of rotatable bonds is 4. The number of aliphatic hydroxyl groups is 1. The molecule has 192 valence electrons.